The van der Waals surface area contributed by atoms with Crippen LogP contribution in [0.25, 0.3) is 0 Å². The summed E-state index contributed by atoms with van der Waals surface area (Å²) in [6.45, 7) is 2.03. The minimum absolute atomic E-state index is 0.0710. The van der Waals surface area contributed by atoms with Gasteiger partial charge in [-0.05, 0) is 36.1 Å². The summed E-state index contributed by atoms with van der Waals surface area (Å²) in [4.78, 5) is 11.6. The highest BCUT2D eigenvalue weighted by molar-refractivity contribution is 6.61. The summed E-state index contributed by atoms with van der Waals surface area (Å²) in [5, 5.41) is 9.67. The zero-order valence-corrected chi connectivity index (χ0v) is 13.5. The smallest absolute Gasteiger partial charge is 0.462 e. The molecule has 2 aromatic rings. The first-order valence-corrected chi connectivity index (χ1v) is 7.64. The topological polar surface area (TPSA) is 65.0 Å². The standard InChI is InChI=1S/C16H13BClFO5/c1-2-22-16(20)11-6-13(18)15(7-14(11)19)24-10-3-4-12-9(5-10)8-23-17(12)21/h3-7,21H,2,8H2,1H3. The molecule has 2 aromatic carbocycles. The molecule has 1 heterocycles. The number of esters is 1. The van der Waals surface area contributed by atoms with Crippen molar-refractivity contribution in [3.05, 3.63) is 52.3 Å². The summed E-state index contributed by atoms with van der Waals surface area (Å²) in [7, 11) is -0.945. The van der Waals surface area contributed by atoms with E-state index in [1.807, 2.05) is 0 Å². The number of rotatable bonds is 4. The molecule has 0 radical (unpaired) electrons. The molecule has 0 unspecified atom stereocenters. The predicted octanol–water partition coefficient (Wildman–Crippen LogP) is 2.67. The number of fused-ring (bicyclic) bond motifs is 1. The van der Waals surface area contributed by atoms with Crippen LogP contribution in [0, 0.1) is 5.82 Å². The molecule has 8 heteroatoms. The van der Waals surface area contributed by atoms with E-state index in [0.29, 0.717) is 11.2 Å². The van der Waals surface area contributed by atoms with Crippen LogP contribution in [-0.4, -0.2) is 24.7 Å². The second-order valence-electron chi connectivity index (χ2n) is 5.11. The summed E-state index contributed by atoms with van der Waals surface area (Å²) in [6.07, 6.45) is 0. The van der Waals surface area contributed by atoms with Gasteiger partial charge in [0.1, 0.15) is 17.3 Å². The van der Waals surface area contributed by atoms with Gasteiger partial charge >= 0.3 is 13.1 Å². The Morgan fingerprint density at radius 1 is 1.42 bits per heavy atom. The van der Waals surface area contributed by atoms with Crippen LogP contribution in [0.2, 0.25) is 5.02 Å². The fourth-order valence-electron chi connectivity index (χ4n) is 2.37. The van der Waals surface area contributed by atoms with Crippen molar-refractivity contribution in [2.45, 2.75) is 13.5 Å². The Bertz CT molecular complexity index is 798. The summed E-state index contributed by atoms with van der Waals surface area (Å²) in [5.74, 6) is -1.09. The first kappa shape index (κ1) is 16.8. The average Bonchev–Trinajstić information content (AvgIpc) is 2.91. The minimum Gasteiger partial charge on any atom is -0.462 e. The molecule has 0 fully saturated rings. The number of carbonyl (C=O) groups excluding carboxylic acids is 1. The normalized spacial score (nSPS) is 12.9. The molecule has 0 saturated carbocycles. The Kier molecular flexibility index (Phi) is 4.75. The Hall–Kier alpha value is -2.09. The van der Waals surface area contributed by atoms with E-state index in [1.54, 1.807) is 25.1 Å². The van der Waals surface area contributed by atoms with Crippen LogP contribution < -0.4 is 10.2 Å². The third-order valence-electron chi connectivity index (χ3n) is 3.52. The lowest BCUT2D eigenvalue weighted by atomic mass is 9.80. The number of hydrogen-bond acceptors (Lipinski definition) is 5. The van der Waals surface area contributed by atoms with Gasteiger partial charge in [-0.1, -0.05) is 17.7 Å². The van der Waals surface area contributed by atoms with Crippen molar-refractivity contribution in [2.75, 3.05) is 6.61 Å². The predicted molar refractivity (Wildman–Crippen MR) is 86.3 cm³/mol. The van der Waals surface area contributed by atoms with E-state index in [4.69, 9.17) is 25.7 Å². The van der Waals surface area contributed by atoms with Gasteiger partial charge in [-0.3, -0.25) is 0 Å². The Morgan fingerprint density at radius 3 is 2.96 bits per heavy atom. The molecule has 0 aliphatic carbocycles. The van der Waals surface area contributed by atoms with Gasteiger partial charge in [-0.2, -0.15) is 0 Å². The largest absolute Gasteiger partial charge is 0.491 e. The molecule has 0 aromatic heterocycles. The van der Waals surface area contributed by atoms with Crippen molar-refractivity contribution in [1.29, 1.82) is 0 Å². The van der Waals surface area contributed by atoms with E-state index >= 15 is 0 Å². The van der Waals surface area contributed by atoms with E-state index in [0.717, 1.165) is 11.6 Å². The molecule has 1 aliphatic heterocycles. The molecule has 0 amide bonds. The summed E-state index contributed by atoms with van der Waals surface area (Å²) < 4.78 is 29.5. The van der Waals surface area contributed by atoms with Crippen molar-refractivity contribution in [1.82, 2.24) is 0 Å². The maximum absolute atomic E-state index is 14.1. The summed E-state index contributed by atoms with van der Waals surface area (Å²) >= 11 is 6.07. The Balaban J connectivity index is 1.86. The first-order chi connectivity index (χ1) is 11.5. The third kappa shape index (κ3) is 3.24. The zero-order valence-electron chi connectivity index (χ0n) is 12.7. The van der Waals surface area contributed by atoms with Crippen molar-refractivity contribution < 1.29 is 28.3 Å². The highest BCUT2D eigenvalue weighted by Gasteiger charge is 2.27. The maximum atomic E-state index is 14.1. The first-order valence-electron chi connectivity index (χ1n) is 7.26. The summed E-state index contributed by atoms with van der Waals surface area (Å²) in [5.41, 5.74) is 1.19. The fraction of sp³-hybridized carbons (Fsp3) is 0.188. The van der Waals surface area contributed by atoms with E-state index in [9.17, 15) is 14.2 Å². The molecule has 5 nitrogen and oxygen atoms in total. The Labute approximate surface area is 143 Å². The highest BCUT2D eigenvalue weighted by atomic mass is 35.5. The minimum atomic E-state index is -0.945. The van der Waals surface area contributed by atoms with Crippen LogP contribution in [0.1, 0.15) is 22.8 Å². The second-order valence-corrected chi connectivity index (χ2v) is 5.52. The summed E-state index contributed by atoms with van der Waals surface area (Å²) in [6, 6.07) is 7.17. The second kappa shape index (κ2) is 6.80. The average molecular weight is 351 g/mol. The molecule has 124 valence electrons. The number of benzene rings is 2. The molecule has 1 aliphatic rings. The van der Waals surface area contributed by atoms with Crippen molar-refractivity contribution in [2.24, 2.45) is 0 Å². The molecular weight excluding hydrogens is 337 g/mol. The van der Waals surface area contributed by atoms with Crippen molar-refractivity contribution >= 4 is 30.2 Å². The third-order valence-corrected chi connectivity index (χ3v) is 3.82. The molecule has 24 heavy (non-hydrogen) atoms. The quantitative estimate of drug-likeness (QED) is 0.678. The van der Waals surface area contributed by atoms with Crippen LogP contribution in [0.3, 0.4) is 0 Å². The lowest BCUT2D eigenvalue weighted by Crippen LogP contribution is -2.27. The molecule has 0 saturated heterocycles. The number of ether oxygens (including phenoxy) is 2. The van der Waals surface area contributed by atoms with Gasteiger partial charge in [-0.15, -0.1) is 0 Å². The van der Waals surface area contributed by atoms with E-state index in [-0.39, 0.29) is 29.5 Å². The van der Waals surface area contributed by atoms with Crippen LogP contribution >= 0.6 is 11.6 Å². The molecule has 1 N–H and O–H groups in total. The van der Waals surface area contributed by atoms with E-state index < -0.39 is 18.9 Å². The molecule has 0 spiro atoms. The van der Waals surface area contributed by atoms with Gasteiger partial charge in [0.2, 0.25) is 0 Å². The molecular formula is C16H13BClFO5. The van der Waals surface area contributed by atoms with Gasteiger partial charge in [-0.25, -0.2) is 9.18 Å². The molecule has 0 bridgehead atoms. The lowest BCUT2D eigenvalue weighted by molar-refractivity contribution is 0.0521. The molecule has 0 atom stereocenters. The Morgan fingerprint density at radius 2 is 2.21 bits per heavy atom. The van der Waals surface area contributed by atoms with Gasteiger partial charge < -0.3 is 19.2 Å². The van der Waals surface area contributed by atoms with Crippen molar-refractivity contribution in [3.8, 4) is 11.5 Å². The van der Waals surface area contributed by atoms with Crippen LogP contribution in [0.4, 0.5) is 4.39 Å². The zero-order chi connectivity index (χ0) is 17.3. The number of hydrogen-bond donors (Lipinski definition) is 1. The fourth-order valence-corrected chi connectivity index (χ4v) is 2.57. The van der Waals surface area contributed by atoms with Crippen LogP contribution in [0.15, 0.2) is 30.3 Å². The van der Waals surface area contributed by atoms with Gasteiger partial charge in [0.25, 0.3) is 0 Å². The van der Waals surface area contributed by atoms with E-state index in [2.05, 4.69) is 0 Å². The number of carbonyl (C=O) groups is 1. The van der Waals surface area contributed by atoms with Gasteiger partial charge in [0.15, 0.2) is 0 Å². The van der Waals surface area contributed by atoms with Crippen molar-refractivity contribution in [3.63, 3.8) is 0 Å². The van der Waals surface area contributed by atoms with Gasteiger partial charge in [0, 0.05) is 6.07 Å². The van der Waals surface area contributed by atoms with E-state index in [1.165, 1.54) is 6.07 Å². The highest BCUT2D eigenvalue weighted by Crippen LogP contribution is 2.32. The SMILES string of the molecule is CCOC(=O)c1cc(Cl)c(Oc2ccc3c(c2)COB3O)cc1F. The van der Waals surface area contributed by atoms with Crippen LogP contribution in [-0.2, 0) is 16.0 Å². The monoisotopic (exact) mass is 350 g/mol. The maximum Gasteiger partial charge on any atom is 0.491 e. The van der Waals surface area contributed by atoms with Gasteiger partial charge in [0.05, 0.1) is 23.8 Å². The number of halogens is 2. The van der Waals surface area contributed by atoms with Crippen LogP contribution in [0.5, 0.6) is 11.5 Å². The molecule has 3 rings (SSSR count). The lowest BCUT2D eigenvalue weighted by Gasteiger charge is -2.11.